The lowest BCUT2D eigenvalue weighted by atomic mass is 10.2. The number of nitrogens with zero attached hydrogens (tertiary/aromatic N) is 2. The van der Waals surface area contributed by atoms with Gasteiger partial charge in [-0.25, -0.2) is 4.98 Å². The Morgan fingerprint density at radius 3 is 2.95 bits per heavy atom. The largest absolute Gasteiger partial charge is 0.352 e. The maximum atomic E-state index is 12.1. The second-order valence-electron chi connectivity index (χ2n) is 5.51. The van der Waals surface area contributed by atoms with Crippen molar-refractivity contribution in [3.05, 3.63) is 29.6 Å². The number of hydrogen-bond donors (Lipinski definition) is 1. The average molecular weight is 292 g/mol. The number of amides is 1. The van der Waals surface area contributed by atoms with Gasteiger partial charge in [-0.1, -0.05) is 6.07 Å². The highest BCUT2D eigenvalue weighted by Crippen LogP contribution is 2.25. The number of rotatable bonds is 4. The lowest BCUT2D eigenvalue weighted by molar-refractivity contribution is -0.121. The minimum atomic E-state index is -0.226. The third-order valence-electron chi connectivity index (χ3n) is 3.53. The molecule has 0 saturated heterocycles. The summed E-state index contributed by atoms with van der Waals surface area (Å²) in [5, 5.41) is 2.78. The molecule has 0 spiro atoms. The molecule has 1 aromatic heterocycles. The monoisotopic (exact) mass is 291 g/mol. The van der Waals surface area contributed by atoms with E-state index in [1.165, 1.54) is 0 Å². The van der Waals surface area contributed by atoms with Crippen molar-refractivity contribution in [2.75, 3.05) is 0 Å². The fourth-order valence-electron chi connectivity index (χ4n) is 2.37. The van der Waals surface area contributed by atoms with Gasteiger partial charge < -0.3 is 9.88 Å². The Kier molecular flexibility index (Phi) is 3.42. The molecule has 1 N–H and O–H groups in total. The summed E-state index contributed by atoms with van der Waals surface area (Å²) in [6.07, 6.45) is 2.18. The lowest BCUT2D eigenvalue weighted by Gasteiger charge is -2.10. The molecular formula is C15H18ClN3O. The number of carbonyl (C=O) groups is 1. The SMILES string of the molecule is Cc1ccc2nc(C(C)Cl)n(CC(=O)NC3CC3)c2c1. The van der Waals surface area contributed by atoms with E-state index in [1.54, 1.807) is 0 Å². The first kappa shape index (κ1) is 13.4. The van der Waals surface area contributed by atoms with Crippen molar-refractivity contribution in [1.29, 1.82) is 0 Å². The lowest BCUT2D eigenvalue weighted by Crippen LogP contribution is -2.29. The molecule has 1 aliphatic rings. The van der Waals surface area contributed by atoms with Gasteiger partial charge in [0.15, 0.2) is 0 Å². The molecule has 4 nitrogen and oxygen atoms in total. The van der Waals surface area contributed by atoms with Crippen LogP contribution in [0.1, 0.15) is 36.5 Å². The van der Waals surface area contributed by atoms with Crippen molar-refractivity contribution in [2.24, 2.45) is 0 Å². The predicted molar refractivity (Wildman–Crippen MR) is 79.9 cm³/mol. The van der Waals surface area contributed by atoms with E-state index in [0.717, 1.165) is 35.3 Å². The van der Waals surface area contributed by atoms with Gasteiger partial charge in [0.05, 0.1) is 16.4 Å². The zero-order valence-electron chi connectivity index (χ0n) is 11.7. The van der Waals surface area contributed by atoms with Crippen molar-refractivity contribution < 1.29 is 4.79 Å². The molecule has 1 aromatic carbocycles. The van der Waals surface area contributed by atoms with Gasteiger partial charge in [0.1, 0.15) is 12.4 Å². The number of fused-ring (bicyclic) bond motifs is 1. The van der Waals surface area contributed by atoms with Gasteiger partial charge in [-0.15, -0.1) is 11.6 Å². The summed E-state index contributed by atoms with van der Waals surface area (Å²) in [5.41, 5.74) is 3.01. The minimum absolute atomic E-state index is 0.0341. The molecule has 0 radical (unpaired) electrons. The molecule has 1 saturated carbocycles. The molecule has 0 bridgehead atoms. The molecule has 106 valence electrons. The second-order valence-corrected chi connectivity index (χ2v) is 6.16. The summed E-state index contributed by atoms with van der Waals surface area (Å²) in [5.74, 6) is 0.782. The van der Waals surface area contributed by atoms with E-state index in [1.807, 2.05) is 30.5 Å². The minimum Gasteiger partial charge on any atom is -0.352 e. The second kappa shape index (κ2) is 5.09. The quantitative estimate of drug-likeness (QED) is 0.881. The van der Waals surface area contributed by atoms with E-state index < -0.39 is 0 Å². The highest BCUT2D eigenvalue weighted by atomic mass is 35.5. The Labute approximate surface area is 123 Å². The van der Waals surface area contributed by atoms with E-state index in [4.69, 9.17) is 11.6 Å². The number of imidazole rings is 1. The third-order valence-corrected chi connectivity index (χ3v) is 3.73. The predicted octanol–water partition coefficient (Wildman–Crippen LogP) is 2.92. The highest BCUT2D eigenvalue weighted by molar-refractivity contribution is 6.20. The molecule has 1 aliphatic carbocycles. The van der Waals surface area contributed by atoms with E-state index >= 15 is 0 Å². The van der Waals surface area contributed by atoms with Crippen LogP contribution in [0.2, 0.25) is 0 Å². The van der Waals surface area contributed by atoms with Crippen LogP contribution < -0.4 is 5.32 Å². The molecule has 1 atom stereocenters. The number of aryl methyl sites for hydroxylation is 1. The maximum absolute atomic E-state index is 12.1. The molecule has 1 heterocycles. The van der Waals surface area contributed by atoms with Crippen LogP contribution in [-0.2, 0) is 11.3 Å². The summed E-state index contributed by atoms with van der Waals surface area (Å²) >= 11 is 6.21. The van der Waals surface area contributed by atoms with Crippen molar-refractivity contribution in [1.82, 2.24) is 14.9 Å². The fourth-order valence-corrected chi connectivity index (χ4v) is 2.53. The molecule has 1 amide bonds. The molecule has 0 aliphatic heterocycles. The number of nitrogens with one attached hydrogen (secondary N) is 1. The molecular weight excluding hydrogens is 274 g/mol. The normalized spacial score (nSPS) is 16.4. The number of carbonyl (C=O) groups excluding carboxylic acids is 1. The van der Waals surface area contributed by atoms with E-state index in [9.17, 15) is 4.79 Å². The molecule has 20 heavy (non-hydrogen) atoms. The molecule has 2 aromatic rings. The molecule has 5 heteroatoms. The Balaban J connectivity index is 1.98. The van der Waals surface area contributed by atoms with E-state index in [2.05, 4.69) is 16.4 Å². The zero-order valence-corrected chi connectivity index (χ0v) is 12.4. The van der Waals surface area contributed by atoms with Gasteiger partial charge in [0.2, 0.25) is 5.91 Å². The zero-order chi connectivity index (χ0) is 14.3. The van der Waals surface area contributed by atoms with Crippen molar-refractivity contribution in [3.63, 3.8) is 0 Å². The van der Waals surface area contributed by atoms with E-state index in [-0.39, 0.29) is 17.8 Å². The topological polar surface area (TPSA) is 46.9 Å². The van der Waals surface area contributed by atoms with Crippen LogP contribution in [0.5, 0.6) is 0 Å². The number of hydrogen-bond acceptors (Lipinski definition) is 2. The Morgan fingerprint density at radius 2 is 2.30 bits per heavy atom. The van der Waals surface area contributed by atoms with Crippen LogP contribution in [0.15, 0.2) is 18.2 Å². The van der Waals surface area contributed by atoms with Crippen LogP contribution in [0.3, 0.4) is 0 Å². The molecule has 3 rings (SSSR count). The van der Waals surface area contributed by atoms with Gasteiger partial charge in [-0.05, 0) is 44.4 Å². The first-order valence-electron chi connectivity index (χ1n) is 6.95. The van der Waals surface area contributed by atoms with E-state index in [0.29, 0.717) is 6.04 Å². The summed E-state index contributed by atoms with van der Waals surface area (Å²) in [6, 6.07) is 6.42. The van der Waals surface area contributed by atoms with Gasteiger partial charge in [-0.2, -0.15) is 0 Å². The summed E-state index contributed by atoms with van der Waals surface area (Å²) in [6.45, 7) is 4.19. The van der Waals surface area contributed by atoms with Crippen LogP contribution in [0.4, 0.5) is 0 Å². The van der Waals surface area contributed by atoms with Gasteiger partial charge in [0, 0.05) is 6.04 Å². The van der Waals surface area contributed by atoms with Crippen LogP contribution in [-0.4, -0.2) is 21.5 Å². The van der Waals surface area contributed by atoms with Crippen molar-refractivity contribution in [2.45, 2.75) is 44.7 Å². The molecule has 1 unspecified atom stereocenters. The summed E-state index contributed by atoms with van der Waals surface area (Å²) < 4.78 is 1.93. The Bertz CT molecular complexity index is 658. The van der Waals surface area contributed by atoms with Gasteiger partial charge >= 0.3 is 0 Å². The van der Waals surface area contributed by atoms with Crippen molar-refractivity contribution >= 4 is 28.5 Å². The van der Waals surface area contributed by atoms with Crippen LogP contribution >= 0.6 is 11.6 Å². The van der Waals surface area contributed by atoms with Gasteiger partial charge in [-0.3, -0.25) is 4.79 Å². The maximum Gasteiger partial charge on any atom is 0.240 e. The van der Waals surface area contributed by atoms with Crippen LogP contribution in [0, 0.1) is 6.92 Å². The summed E-state index contributed by atoms with van der Waals surface area (Å²) in [7, 11) is 0. The highest BCUT2D eigenvalue weighted by Gasteiger charge is 2.24. The smallest absolute Gasteiger partial charge is 0.240 e. The summed E-state index contributed by atoms with van der Waals surface area (Å²) in [4.78, 5) is 16.6. The number of alkyl halides is 1. The Hall–Kier alpha value is -1.55. The van der Waals surface area contributed by atoms with Crippen molar-refractivity contribution in [3.8, 4) is 0 Å². The standard InChI is InChI=1S/C15H18ClN3O/c1-9-3-6-12-13(7-9)19(15(18-12)10(2)16)8-14(20)17-11-4-5-11/h3,6-7,10-11H,4-5,8H2,1-2H3,(H,17,20). The van der Waals surface area contributed by atoms with Crippen LogP contribution in [0.25, 0.3) is 11.0 Å². The number of aromatic nitrogens is 2. The average Bonchev–Trinajstić information content (AvgIpc) is 3.11. The number of benzene rings is 1. The third kappa shape index (κ3) is 2.66. The first-order chi connectivity index (χ1) is 9.54. The first-order valence-corrected chi connectivity index (χ1v) is 7.38. The van der Waals surface area contributed by atoms with Gasteiger partial charge in [0.25, 0.3) is 0 Å². The fraction of sp³-hybridized carbons (Fsp3) is 0.467. The molecule has 1 fully saturated rings. The Morgan fingerprint density at radius 1 is 1.55 bits per heavy atom. The number of halogens is 1.